The van der Waals surface area contributed by atoms with Crippen LogP contribution in [0.3, 0.4) is 0 Å². The molecule has 0 fully saturated rings. The summed E-state index contributed by atoms with van der Waals surface area (Å²) in [5, 5.41) is 7.20. The van der Waals surface area contributed by atoms with Crippen molar-refractivity contribution in [3.05, 3.63) is 494 Å². The van der Waals surface area contributed by atoms with Gasteiger partial charge in [-0.05, 0) is 306 Å². The van der Waals surface area contributed by atoms with Crippen molar-refractivity contribution >= 4 is 135 Å². The second kappa shape index (κ2) is 31.3. The molecule has 0 aliphatic heterocycles. The van der Waals surface area contributed by atoms with Crippen LogP contribution in [0.25, 0.3) is 76.8 Å². The molecule has 3 aliphatic carbocycles. The van der Waals surface area contributed by atoms with Gasteiger partial charge in [0, 0.05) is 118 Å². The largest absolute Gasteiger partial charge is 0.310 e. The van der Waals surface area contributed by atoms with E-state index in [0.717, 1.165) is 113 Å². The molecule has 3 aliphatic rings. The molecule has 0 saturated heterocycles. The van der Waals surface area contributed by atoms with Crippen molar-refractivity contribution in [1.82, 2.24) is 0 Å². The SMILES string of the molecule is CC1(C)c2cc(N(c3ccccc3)c3ccc(N(c4ccccc4)c4cccc5ccccc45)cc3)ccc2-c2ccc(N(c3ccc(N(c4ccccc4)c4cccc5ccccc45)cc3)c3cccc(-c4cccc(N(c5ccccc5)c5cc6c(c7ccccc57)-c5cc7c(cc5C6(C)C)-c5ccc(N(c6ccccc6)c6ccccc6)cc5C7(C)C)c4)c3)cc21. The van der Waals surface area contributed by atoms with Crippen LogP contribution in [-0.4, -0.2) is 0 Å². The Morgan fingerprint density at radius 2 is 0.395 bits per heavy atom. The number of rotatable bonds is 19. The van der Waals surface area contributed by atoms with Crippen molar-refractivity contribution in [2.45, 2.75) is 57.8 Å². The smallest absolute Gasteiger partial charge is 0.0543 e. The predicted molar refractivity (Wildman–Crippen MR) is 545 cm³/mol. The zero-order valence-electron chi connectivity index (χ0n) is 73.1. The van der Waals surface area contributed by atoms with E-state index in [4.69, 9.17) is 0 Å². The Morgan fingerprint density at radius 1 is 0.147 bits per heavy atom. The molecule has 616 valence electrons. The fourth-order valence-corrected chi connectivity index (χ4v) is 21.1. The molecule has 0 amide bonds. The highest BCUT2D eigenvalue weighted by Crippen LogP contribution is 2.61. The Kier molecular flexibility index (Phi) is 18.9. The average Bonchev–Trinajstić information content (AvgIpc) is 1.53. The summed E-state index contributed by atoms with van der Waals surface area (Å²) in [7, 11) is 0. The maximum absolute atomic E-state index is 2.57. The van der Waals surface area contributed by atoms with Gasteiger partial charge >= 0.3 is 0 Å². The number of anilines is 18. The van der Waals surface area contributed by atoms with Crippen molar-refractivity contribution < 1.29 is 0 Å². The molecule has 0 unspecified atom stereocenters. The first-order chi connectivity index (χ1) is 63.3. The van der Waals surface area contributed by atoms with Gasteiger partial charge in [0.05, 0.1) is 17.1 Å². The zero-order chi connectivity index (χ0) is 86.6. The van der Waals surface area contributed by atoms with Crippen LogP contribution < -0.4 is 29.4 Å². The quantitative estimate of drug-likeness (QED) is 0.0798. The molecule has 6 heteroatoms. The van der Waals surface area contributed by atoms with Crippen LogP contribution in [0.2, 0.25) is 0 Å². The van der Waals surface area contributed by atoms with Gasteiger partial charge in [-0.3, -0.25) is 0 Å². The Hall–Kier alpha value is -16.0. The van der Waals surface area contributed by atoms with Crippen molar-refractivity contribution in [1.29, 1.82) is 0 Å². The van der Waals surface area contributed by atoms with Crippen molar-refractivity contribution in [3.63, 3.8) is 0 Å². The monoisotopic (exact) mass is 1650 g/mol. The second-order valence-electron chi connectivity index (χ2n) is 36.0. The second-order valence-corrected chi connectivity index (χ2v) is 36.0. The Bertz CT molecular complexity index is 7650. The van der Waals surface area contributed by atoms with E-state index < -0.39 is 5.41 Å². The summed E-state index contributed by atoms with van der Waals surface area (Å²) in [6.45, 7) is 14.6. The van der Waals surface area contributed by atoms with Gasteiger partial charge < -0.3 is 29.4 Å². The third kappa shape index (κ3) is 13.2. The lowest BCUT2D eigenvalue weighted by atomic mass is 9.79. The molecule has 0 atom stereocenters. The summed E-state index contributed by atoms with van der Waals surface area (Å²) >= 11 is 0. The minimum absolute atomic E-state index is 0.281. The first kappa shape index (κ1) is 77.8. The summed E-state index contributed by atoms with van der Waals surface area (Å²) in [4.78, 5) is 14.5. The van der Waals surface area contributed by atoms with Gasteiger partial charge in [-0.25, -0.2) is 0 Å². The highest BCUT2D eigenvalue weighted by molar-refractivity contribution is 6.11. The highest BCUT2D eigenvalue weighted by Gasteiger charge is 2.44. The average molecular weight is 1660 g/mol. The maximum Gasteiger partial charge on any atom is 0.0543 e. The summed E-state index contributed by atoms with van der Waals surface area (Å²) in [5.74, 6) is 0. The molecule has 20 aromatic rings. The van der Waals surface area contributed by atoms with Crippen molar-refractivity contribution in [2.24, 2.45) is 0 Å². The highest BCUT2D eigenvalue weighted by atomic mass is 15.2. The van der Waals surface area contributed by atoms with Gasteiger partial charge in [-0.2, -0.15) is 0 Å². The van der Waals surface area contributed by atoms with E-state index in [-0.39, 0.29) is 10.8 Å². The Morgan fingerprint density at radius 3 is 0.798 bits per heavy atom. The molecule has 0 N–H and O–H groups in total. The lowest BCUT2D eigenvalue weighted by Gasteiger charge is -2.31. The Labute approximate surface area is 755 Å². The van der Waals surface area contributed by atoms with E-state index >= 15 is 0 Å². The van der Waals surface area contributed by atoms with E-state index in [0.29, 0.717) is 0 Å². The van der Waals surface area contributed by atoms with Crippen LogP contribution in [0.4, 0.5) is 102 Å². The minimum atomic E-state index is -0.413. The zero-order valence-corrected chi connectivity index (χ0v) is 73.1. The predicted octanol–water partition coefficient (Wildman–Crippen LogP) is 34.6. The molecule has 0 saturated carbocycles. The molecular formula is C123H94N6. The van der Waals surface area contributed by atoms with Gasteiger partial charge in [0.25, 0.3) is 0 Å². The van der Waals surface area contributed by atoms with Gasteiger partial charge in [-0.1, -0.05) is 290 Å². The van der Waals surface area contributed by atoms with E-state index in [2.05, 4.69) is 532 Å². The van der Waals surface area contributed by atoms with Crippen LogP contribution >= 0.6 is 0 Å². The van der Waals surface area contributed by atoms with Crippen molar-refractivity contribution in [2.75, 3.05) is 29.4 Å². The van der Waals surface area contributed by atoms with Gasteiger partial charge in [-0.15, -0.1) is 0 Å². The topological polar surface area (TPSA) is 19.4 Å². The van der Waals surface area contributed by atoms with Crippen LogP contribution in [0, 0.1) is 0 Å². The number of para-hydroxylation sites is 6. The molecule has 20 aromatic carbocycles. The molecule has 0 aromatic heterocycles. The first-order valence-corrected chi connectivity index (χ1v) is 44.9. The summed E-state index contributed by atoms with van der Waals surface area (Å²) in [6.07, 6.45) is 0. The minimum Gasteiger partial charge on any atom is -0.310 e. The molecule has 0 bridgehead atoms. The standard InChI is InChI=1S/C123H94N6/c1-121(2)111-77-100(125(89-45-17-9-18-46-89)93-61-65-95(66-62-93)127(90-47-19-10-20-48-90)117-59-33-37-83-35-25-27-55-102(83)117)69-72-104(111)105-73-70-101(79-112(105)121)126(94-63-67-96(68-64-94)128(91-49-21-11-22-50-91)118-60-34-38-84-36-26-28-56-103(84)118)97-53-31-39-85(75-97)86-40-32-54-98(76-86)129(92-51-23-12-24-52-92)119-82-116-120(108-58-30-29-57-107(108)119)110-81-114-109(80-115(110)123(116,5)6)106-74-71-99(78-113(106)122(114,3)4)124(87-41-13-7-14-42-87)88-43-15-8-16-44-88/h7-82H,1-6H3. The van der Waals surface area contributed by atoms with Gasteiger partial charge in [0.2, 0.25) is 0 Å². The van der Waals surface area contributed by atoms with E-state index in [1.165, 1.54) is 99.1 Å². The number of benzene rings is 20. The summed E-state index contributed by atoms with van der Waals surface area (Å²) < 4.78 is 0. The van der Waals surface area contributed by atoms with Gasteiger partial charge in [0.1, 0.15) is 0 Å². The Balaban J connectivity index is 0.618. The van der Waals surface area contributed by atoms with E-state index in [1.807, 2.05) is 0 Å². The normalized spacial score (nSPS) is 13.2. The van der Waals surface area contributed by atoms with Crippen LogP contribution in [0.1, 0.15) is 74.9 Å². The number of hydrogen-bond donors (Lipinski definition) is 0. The lowest BCUT2D eigenvalue weighted by molar-refractivity contribution is 0.652. The maximum atomic E-state index is 2.57. The fraction of sp³-hybridized carbons (Fsp3) is 0.0732. The third-order valence-corrected chi connectivity index (χ3v) is 27.5. The van der Waals surface area contributed by atoms with Gasteiger partial charge in [0.15, 0.2) is 0 Å². The van der Waals surface area contributed by atoms with E-state index in [1.54, 1.807) is 0 Å². The van der Waals surface area contributed by atoms with Crippen molar-refractivity contribution in [3.8, 4) is 44.5 Å². The number of nitrogens with zero attached hydrogens (tertiary/aromatic N) is 6. The van der Waals surface area contributed by atoms with Crippen LogP contribution in [0.5, 0.6) is 0 Å². The summed E-state index contributed by atoms with van der Waals surface area (Å²) in [5.41, 5.74) is 36.4. The molecule has 0 heterocycles. The van der Waals surface area contributed by atoms with Crippen LogP contribution in [-0.2, 0) is 16.2 Å². The third-order valence-electron chi connectivity index (χ3n) is 27.5. The molecule has 0 radical (unpaired) electrons. The van der Waals surface area contributed by atoms with Crippen LogP contribution in [0.15, 0.2) is 461 Å². The summed E-state index contributed by atoms with van der Waals surface area (Å²) in [6, 6.07) is 170. The fourth-order valence-electron chi connectivity index (χ4n) is 21.1. The number of hydrogen-bond acceptors (Lipinski definition) is 6. The van der Waals surface area contributed by atoms with E-state index in [9.17, 15) is 0 Å². The molecule has 129 heavy (non-hydrogen) atoms. The molecule has 6 nitrogen and oxygen atoms in total. The lowest BCUT2D eigenvalue weighted by Crippen LogP contribution is -2.18. The first-order valence-electron chi connectivity index (χ1n) is 44.9. The molecular weight excluding hydrogens is 1560 g/mol. The number of fused-ring (bicyclic) bond motifs is 13. The molecule has 23 rings (SSSR count). The molecule has 0 spiro atoms.